The van der Waals surface area contributed by atoms with E-state index in [0.717, 1.165) is 0 Å². The Balaban J connectivity index is 2.44. The van der Waals surface area contributed by atoms with Crippen LogP contribution in [0, 0.1) is 12.7 Å². The highest BCUT2D eigenvalue weighted by atomic mass is 35.5. The van der Waals surface area contributed by atoms with Crippen LogP contribution in [0.15, 0.2) is 41.3 Å². The van der Waals surface area contributed by atoms with Gasteiger partial charge >= 0.3 is 0 Å². The van der Waals surface area contributed by atoms with Crippen LogP contribution in [0.3, 0.4) is 0 Å². The van der Waals surface area contributed by atoms with E-state index in [-0.39, 0.29) is 11.1 Å². The zero-order valence-corrected chi connectivity index (χ0v) is 12.4. The summed E-state index contributed by atoms with van der Waals surface area (Å²) in [4.78, 5) is 16.3. The van der Waals surface area contributed by atoms with E-state index in [1.165, 1.54) is 28.8 Å². The van der Waals surface area contributed by atoms with Crippen molar-refractivity contribution in [3.05, 3.63) is 68.4 Å². The SMILES string of the molecule is Cc1cc(=O)n2cc(Cl)cc(-c3ccc(Cl)cc3F)c2n1. The molecule has 0 saturated carbocycles. The van der Waals surface area contributed by atoms with Crippen LogP contribution in [0.5, 0.6) is 0 Å². The number of hydrogen-bond donors (Lipinski definition) is 0. The van der Waals surface area contributed by atoms with Crippen LogP contribution in [0.2, 0.25) is 10.0 Å². The van der Waals surface area contributed by atoms with Crippen LogP contribution in [0.1, 0.15) is 5.69 Å². The van der Waals surface area contributed by atoms with Crippen LogP contribution in [-0.2, 0) is 0 Å². The smallest absolute Gasteiger partial charge is 0.258 e. The summed E-state index contributed by atoms with van der Waals surface area (Å²) in [6.07, 6.45) is 1.46. The summed E-state index contributed by atoms with van der Waals surface area (Å²) in [5, 5.41) is 0.614. The highest BCUT2D eigenvalue weighted by Crippen LogP contribution is 2.29. The minimum Gasteiger partial charge on any atom is -0.269 e. The average Bonchev–Trinajstić information content (AvgIpc) is 2.39. The number of halogens is 3. The number of nitrogens with zero attached hydrogens (tertiary/aromatic N) is 2. The van der Waals surface area contributed by atoms with Gasteiger partial charge in [-0.1, -0.05) is 23.2 Å². The monoisotopic (exact) mass is 322 g/mol. The van der Waals surface area contributed by atoms with Gasteiger partial charge in [0.2, 0.25) is 0 Å². The molecule has 0 amide bonds. The third kappa shape index (κ3) is 2.52. The van der Waals surface area contributed by atoms with E-state index in [9.17, 15) is 9.18 Å². The number of benzene rings is 1. The van der Waals surface area contributed by atoms with Crippen LogP contribution in [0.4, 0.5) is 4.39 Å². The lowest BCUT2D eigenvalue weighted by molar-refractivity contribution is 0.631. The average molecular weight is 323 g/mol. The molecule has 0 N–H and O–H groups in total. The van der Waals surface area contributed by atoms with E-state index < -0.39 is 5.82 Å². The molecule has 0 aliphatic rings. The van der Waals surface area contributed by atoms with Gasteiger partial charge in [0, 0.05) is 34.1 Å². The van der Waals surface area contributed by atoms with Crippen molar-refractivity contribution in [2.75, 3.05) is 0 Å². The van der Waals surface area contributed by atoms with Crippen molar-refractivity contribution in [3.63, 3.8) is 0 Å². The Bertz CT molecular complexity index is 921. The maximum atomic E-state index is 14.2. The first-order chi connectivity index (χ1) is 9.95. The summed E-state index contributed by atoms with van der Waals surface area (Å²) in [6.45, 7) is 1.71. The maximum absolute atomic E-state index is 14.2. The Labute approximate surface area is 129 Å². The molecule has 0 saturated heterocycles. The van der Waals surface area contributed by atoms with E-state index in [2.05, 4.69) is 4.98 Å². The molecule has 0 unspecified atom stereocenters. The molecule has 3 nitrogen and oxygen atoms in total. The van der Waals surface area contributed by atoms with Crippen molar-refractivity contribution in [1.29, 1.82) is 0 Å². The normalized spacial score (nSPS) is 11.0. The Kier molecular flexibility index (Phi) is 3.43. The molecule has 21 heavy (non-hydrogen) atoms. The van der Waals surface area contributed by atoms with Gasteiger partial charge in [0.25, 0.3) is 5.56 Å². The molecule has 0 aliphatic heterocycles. The molecule has 0 atom stereocenters. The summed E-state index contributed by atoms with van der Waals surface area (Å²) >= 11 is 11.8. The molecule has 6 heteroatoms. The number of hydrogen-bond acceptors (Lipinski definition) is 2. The first-order valence-corrected chi connectivity index (χ1v) is 6.86. The fraction of sp³-hybridized carbons (Fsp3) is 0.0667. The predicted octanol–water partition coefficient (Wildman–Crippen LogP) is 4.12. The van der Waals surface area contributed by atoms with Crippen LogP contribution < -0.4 is 5.56 Å². The Morgan fingerprint density at radius 1 is 1.10 bits per heavy atom. The first-order valence-electron chi connectivity index (χ1n) is 6.11. The number of fused-ring (bicyclic) bond motifs is 1. The fourth-order valence-corrected chi connectivity index (χ4v) is 2.56. The summed E-state index contributed by atoms with van der Waals surface area (Å²) in [5.41, 5.74) is 1.37. The molecule has 0 radical (unpaired) electrons. The Morgan fingerprint density at radius 2 is 1.86 bits per heavy atom. The van der Waals surface area contributed by atoms with E-state index in [1.54, 1.807) is 19.1 Å². The second kappa shape index (κ2) is 5.13. The van der Waals surface area contributed by atoms with Gasteiger partial charge in [0.05, 0.1) is 5.02 Å². The fourth-order valence-electron chi connectivity index (χ4n) is 2.19. The van der Waals surface area contributed by atoms with E-state index in [0.29, 0.717) is 26.9 Å². The van der Waals surface area contributed by atoms with Gasteiger partial charge < -0.3 is 0 Å². The molecular weight excluding hydrogens is 314 g/mol. The van der Waals surface area contributed by atoms with Crippen LogP contribution in [-0.4, -0.2) is 9.38 Å². The second-order valence-electron chi connectivity index (χ2n) is 4.63. The summed E-state index contributed by atoms with van der Waals surface area (Å²) < 4.78 is 15.5. The topological polar surface area (TPSA) is 34.4 Å². The van der Waals surface area contributed by atoms with Gasteiger partial charge in [-0.15, -0.1) is 0 Å². The van der Waals surface area contributed by atoms with E-state index >= 15 is 0 Å². The molecule has 0 fully saturated rings. The summed E-state index contributed by atoms with van der Waals surface area (Å²) in [5.74, 6) is -0.498. The minimum absolute atomic E-state index is 0.268. The quantitative estimate of drug-likeness (QED) is 0.675. The highest BCUT2D eigenvalue weighted by Gasteiger charge is 2.13. The lowest BCUT2D eigenvalue weighted by Crippen LogP contribution is -2.15. The van der Waals surface area contributed by atoms with Crippen molar-refractivity contribution >= 4 is 28.8 Å². The van der Waals surface area contributed by atoms with Gasteiger partial charge in [-0.3, -0.25) is 9.20 Å². The van der Waals surface area contributed by atoms with Gasteiger partial charge in [0.1, 0.15) is 11.5 Å². The van der Waals surface area contributed by atoms with Gasteiger partial charge in [-0.2, -0.15) is 0 Å². The Hall–Kier alpha value is -1.91. The van der Waals surface area contributed by atoms with Gasteiger partial charge in [0.15, 0.2) is 0 Å². The van der Waals surface area contributed by atoms with Crippen molar-refractivity contribution in [2.24, 2.45) is 0 Å². The van der Waals surface area contributed by atoms with Gasteiger partial charge in [-0.25, -0.2) is 9.37 Å². The molecule has 2 heterocycles. The van der Waals surface area contributed by atoms with Crippen molar-refractivity contribution in [3.8, 4) is 11.1 Å². The third-order valence-electron chi connectivity index (χ3n) is 3.08. The molecular formula is C15H9Cl2FN2O. The second-order valence-corrected chi connectivity index (χ2v) is 5.50. The largest absolute Gasteiger partial charge is 0.269 e. The zero-order chi connectivity index (χ0) is 15.1. The van der Waals surface area contributed by atoms with Crippen molar-refractivity contribution < 1.29 is 4.39 Å². The molecule has 2 aromatic heterocycles. The molecule has 0 aliphatic carbocycles. The number of aryl methyl sites for hydroxylation is 1. The van der Waals surface area contributed by atoms with Crippen molar-refractivity contribution in [2.45, 2.75) is 6.92 Å². The predicted molar refractivity (Wildman–Crippen MR) is 81.6 cm³/mol. The molecule has 3 aromatic rings. The number of aromatic nitrogens is 2. The maximum Gasteiger partial charge on any atom is 0.258 e. The number of rotatable bonds is 1. The van der Waals surface area contributed by atoms with E-state index in [1.807, 2.05) is 0 Å². The first kappa shape index (κ1) is 14.0. The summed E-state index contributed by atoms with van der Waals surface area (Å²) in [6, 6.07) is 7.30. The molecule has 0 spiro atoms. The standard InChI is InChI=1S/C15H9Cl2FN2O/c1-8-4-14(21)20-7-10(17)5-12(15(20)19-8)11-3-2-9(16)6-13(11)18/h2-7H,1H3. The van der Waals surface area contributed by atoms with E-state index in [4.69, 9.17) is 23.2 Å². The summed E-state index contributed by atoms with van der Waals surface area (Å²) in [7, 11) is 0. The Morgan fingerprint density at radius 3 is 2.57 bits per heavy atom. The minimum atomic E-state index is -0.498. The molecule has 3 rings (SSSR count). The van der Waals surface area contributed by atoms with Crippen LogP contribution in [0.25, 0.3) is 16.8 Å². The number of pyridine rings is 1. The molecule has 1 aromatic carbocycles. The lowest BCUT2D eigenvalue weighted by Gasteiger charge is -2.10. The molecule has 0 bridgehead atoms. The van der Waals surface area contributed by atoms with Gasteiger partial charge in [-0.05, 0) is 31.2 Å². The van der Waals surface area contributed by atoms with Crippen LogP contribution >= 0.6 is 23.2 Å². The zero-order valence-electron chi connectivity index (χ0n) is 10.9. The third-order valence-corrected chi connectivity index (χ3v) is 3.52. The highest BCUT2D eigenvalue weighted by molar-refractivity contribution is 6.31. The van der Waals surface area contributed by atoms with Crippen molar-refractivity contribution in [1.82, 2.24) is 9.38 Å². The molecule has 106 valence electrons. The lowest BCUT2D eigenvalue weighted by atomic mass is 10.1.